The van der Waals surface area contributed by atoms with E-state index in [4.69, 9.17) is 4.74 Å². The second kappa shape index (κ2) is 7.45. The molecule has 0 saturated carbocycles. The van der Waals surface area contributed by atoms with Gasteiger partial charge in [-0.1, -0.05) is 24.3 Å². The van der Waals surface area contributed by atoms with E-state index in [9.17, 15) is 9.90 Å². The van der Waals surface area contributed by atoms with Gasteiger partial charge >= 0.3 is 0 Å². The quantitative estimate of drug-likeness (QED) is 0.659. The minimum Gasteiger partial charge on any atom is -0.507 e. The molecule has 0 saturated heterocycles. The lowest BCUT2D eigenvalue weighted by Crippen LogP contribution is -2.24. The Labute approximate surface area is 135 Å². The summed E-state index contributed by atoms with van der Waals surface area (Å²) in [6.07, 6.45) is 1.40. The molecule has 2 aromatic rings. The number of nitrogens with zero attached hydrogens (tertiary/aromatic N) is 1. The highest BCUT2D eigenvalue weighted by atomic mass is 16.5. The Morgan fingerprint density at radius 1 is 1.17 bits per heavy atom. The fourth-order valence-electron chi connectivity index (χ4n) is 2.02. The Balaban J connectivity index is 1.89. The van der Waals surface area contributed by atoms with E-state index in [-0.39, 0.29) is 18.3 Å². The number of aryl methyl sites for hydroxylation is 2. The van der Waals surface area contributed by atoms with Gasteiger partial charge < -0.3 is 9.84 Å². The highest BCUT2D eigenvalue weighted by Crippen LogP contribution is 2.20. The summed E-state index contributed by atoms with van der Waals surface area (Å²) in [6, 6.07) is 11.0. The molecule has 0 spiro atoms. The van der Waals surface area contributed by atoms with Crippen LogP contribution in [0, 0.1) is 20.8 Å². The summed E-state index contributed by atoms with van der Waals surface area (Å²) in [7, 11) is 0. The van der Waals surface area contributed by atoms with E-state index in [0.717, 1.165) is 16.7 Å². The summed E-state index contributed by atoms with van der Waals surface area (Å²) in [6.45, 7) is 5.60. The fraction of sp³-hybridized carbons (Fsp3) is 0.222. The van der Waals surface area contributed by atoms with Gasteiger partial charge in [-0.05, 0) is 49.6 Å². The topological polar surface area (TPSA) is 70.9 Å². The maximum atomic E-state index is 11.7. The minimum absolute atomic E-state index is 0.124. The van der Waals surface area contributed by atoms with Gasteiger partial charge in [0.2, 0.25) is 0 Å². The molecule has 0 aromatic heterocycles. The van der Waals surface area contributed by atoms with E-state index in [2.05, 4.69) is 10.5 Å². The Kier molecular flexibility index (Phi) is 5.36. The van der Waals surface area contributed by atoms with Crippen molar-refractivity contribution in [3.05, 3.63) is 58.7 Å². The van der Waals surface area contributed by atoms with Gasteiger partial charge in [-0.3, -0.25) is 4.79 Å². The monoisotopic (exact) mass is 312 g/mol. The van der Waals surface area contributed by atoms with E-state index in [1.54, 1.807) is 19.1 Å². The number of carbonyl (C=O) groups excluding carboxylic acids is 1. The summed E-state index contributed by atoms with van der Waals surface area (Å²) in [5.41, 5.74) is 5.78. The molecule has 0 radical (unpaired) electrons. The highest BCUT2D eigenvalue weighted by molar-refractivity contribution is 5.85. The first-order chi connectivity index (χ1) is 11.0. The van der Waals surface area contributed by atoms with Crippen LogP contribution in [0.25, 0.3) is 0 Å². The van der Waals surface area contributed by atoms with Crippen molar-refractivity contribution in [2.45, 2.75) is 20.8 Å². The van der Waals surface area contributed by atoms with Crippen LogP contribution in [0.5, 0.6) is 11.5 Å². The maximum absolute atomic E-state index is 11.7. The number of carbonyl (C=O) groups is 1. The lowest BCUT2D eigenvalue weighted by atomic mass is 10.1. The molecular formula is C18H20N2O3. The fourth-order valence-corrected chi connectivity index (χ4v) is 2.02. The van der Waals surface area contributed by atoms with Gasteiger partial charge in [-0.2, -0.15) is 5.10 Å². The number of hydrogen-bond donors (Lipinski definition) is 2. The molecule has 120 valence electrons. The van der Waals surface area contributed by atoms with Gasteiger partial charge in [-0.25, -0.2) is 5.43 Å². The second-order valence-corrected chi connectivity index (χ2v) is 5.29. The first-order valence-electron chi connectivity index (χ1n) is 7.28. The van der Waals surface area contributed by atoms with E-state index in [1.807, 2.05) is 38.1 Å². The standard InChI is InChI=1S/C18H20N2O3/c1-12-6-5-9-16(14(12)3)23-11-17(21)20-19-10-15-8-4-7-13(2)18(15)22/h4-10,22H,11H2,1-3H3,(H,20,21)/b19-10+. The minimum atomic E-state index is -0.366. The zero-order valence-electron chi connectivity index (χ0n) is 13.5. The summed E-state index contributed by atoms with van der Waals surface area (Å²) < 4.78 is 5.49. The number of nitrogens with one attached hydrogen (secondary N) is 1. The average Bonchev–Trinajstić information content (AvgIpc) is 2.53. The Morgan fingerprint density at radius 3 is 2.65 bits per heavy atom. The first kappa shape index (κ1) is 16.5. The number of rotatable bonds is 5. The van der Waals surface area contributed by atoms with Crippen molar-refractivity contribution in [3.8, 4) is 11.5 Å². The predicted molar refractivity (Wildman–Crippen MR) is 90.0 cm³/mol. The van der Waals surface area contributed by atoms with Crippen molar-refractivity contribution in [2.75, 3.05) is 6.61 Å². The van der Waals surface area contributed by atoms with Crippen molar-refractivity contribution < 1.29 is 14.6 Å². The lowest BCUT2D eigenvalue weighted by molar-refractivity contribution is -0.123. The van der Waals surface area contributed by atoms with Crippen LogP contribution in [0.3, 0.4) is 0 Å². The van der Waals surface area contributed by atoms with Crippen molar-refractivity contribution in [2.24, 2.45) is 5.10 Å². The van der Waals surface area contributed by atoms with Gasteiger partial charge in [0.05, 0.1) is 6.21 Å². The molecule has 5 heteroatoms. The molecule has 1 amide bonds. The summed E-state index contributed by atoms with van der Waals surface area (Å²) in [4.78, 5) is 11.7. The van der Waals surface area contributed by atoms with Crippen LogP contribution in [0.2, 0.25) is 0 Å². The molecular weight excluding hydrogens is 292 g/mol. The zero-order valence-corrected chi connectivity index (χ0v) is 13.5. The summed E-state index contributed by atoms with van der Waals surface area (Å²) in [5, 5.41) is 13.7. The van der Waals surface area contributed by atoms with Crippen LogP contribution in [0.4, 0.5) is 0 Å². The molecule has 0 bridgehead atoms. The third kappa shape index (κ3) is 4.32. The van der Waals surface area contributed by atoms with E-state index >= 15 is 0 Å². The number of aromatic hydroxyl groups is 1. The number of hydrogen-bond acceptors (Lipinski definition) is 4. The summed E-state index contributed by atoms with van der Waals surface area (Å²) >= 11 is 0. The van der Waals surface area contributed by atoms with Gasteiger partial charge in [0, 0.05) is 5.56 Å². The molecule has 2 rings (SSSR count). The number of para-hydroxylation sites is 1. The van der Waals surface area contributed by atoms with Gasteiger partial charge in [0.25, 0.3) is 5.91 Å². The van der Waals surface area contributed by atoms with Gasteiger partial charge in [-0.15, -0.1) is 0 Å². The Morgan fingerprint density at radius 2 is 1.87 bits per heavy atom. The highest BCUT2D eigenvalue weighted by Gasteiger charge is 2.05. The molecule has 5 nitrogen and oxygen atoms in total. The van der Waals surface area contributed by atoms with Gasteiger partial charge in [0.1, 0.15) is 11.5 Å². The number of ether oxygens (including phenoxy) is 1. The Hall–Kier alpha value is -2.82. The number of benzene rings is 2. The SMILES string of the molecule is Cc1cccc(OCC(=O)N/N=C/c2cccc(C)c2O)c1C. The smallest absolute Gasteiger partial charge is 0.277 e. The predicted octanol–water partition coefficient (Wildman–Crippen LogP) is 2.85. The molecule has 0 atom stereocenters. The second-order valence-electron chi connectivity index (χ2n) is 5.29. The molecule has 0 unspecified atom stereocenters. The zero-order chi connectivity index (χ0) is 16.8. The molecule has 23 heavy (non-hydrogen) atoms. The average molecular weight is 312 g/mol. The number of phenolic OH excluding ortho intramolecular Hbond substituents is 1. The maximum Gasteiger partial charge on any atom is 0.277 e. The molecule has 2 N–H and O–H groups in total. The van der Waals surface area contributed by atoms with Crippen LogP contribution in [-0.2, 0) is 4.79 Å². The molecule has 0 aliphatic carbocycles. The number of amides is 1. The van der Waals surface area contributed by atoms with Crippen LogP contribution < -0.4 is 10.2 Å². The van der Waals surface area contributed by atoms with Crippen molar-refractivity contribution in [3.63, 3.8) is 0 Å². The normalized spacial score (nSPS) is 10.7. The Bertz CT molecular complexity index is 739. The van der Waals surface area contributed by atoms with E-state index in [1.165, 1.54) is 6.21 Å². The number of hydrazone groups is 1. The van der Waals surface area contributed by atoms with Gasteiger partial charge in [0.15, 0.2) is 6.61 Å². The van der Waals surface area contributed by atoms with E-state index in [0.29, 0.717) is 11.3 Å². The molecule has 0 heterocycles. The van der Waals surface area contributed by atoms with Crippen LogP contribution in [0.1, 0.15) is 22.3 Å². The lowest BCUT2D eigenvalue weighted by Gasteiger charge is -2.09. The van der Waals surface area contributed by atoms with Crippen molar-refractivity contribution in [1.82, 2.24) is 5.43 Å². The summed E-state index contributed by atoms with van der Waals surface area (Å²) in [5.74, 6) is 0.465. The first-order valence-corrected chi connectivity index (χ1v) is 7.28. The molecule has 2 aromatic carbocycles. The van der Waals surface area contributed by atoms with Crippen LogP contribution in [0.15, 0.2) is 41.5 Å². The van der Waals surface area contributed by atoms with Crippen LogP contribution >= 0.6 is 0 Å². The third-order valence-electron chi connectivity index (χ3n) is 3.58. The van der Waals surface area contributed by atoms with Crippen molar-refractivity contribution >= 4 is 12.1 Å². The molecule has 0 aliphatic rings. The van der Waals surface area contributed by atoms with Crippen molar-refractivity contribution in [1.29, 1.82) is 0 Å². The third-order valence-corrected chi connectivity index (χ3v) is 3.58. The van der Waals surface area contributed by atoms with Crippen LogP contribution in [-0.4, -0.2) is 23.8 Å². The molecule has 0 aliphatic heterocycles. The van der Waals surface area contributed by atoms with E-state index < -0.39 is 0 Å². The molecule has 0 fully saturated rings. The number of phenols is 1. The largest absolute Gasteiger partial charge is 0.507 e.